The average molecular weight is 303 g/mol. The van der Waals surface area contributed by atoms with E-state index in [1.54, 1.807) is 0 Å². The SMILES string of the molecule is CC1CCN(CC(=O)N(C)C(C)c2ccccc2)CC1CN. The van der Waals surface area contributed by atoms with Crippen LogP contribution in [0.5, 0.6) is 0 Å². The van der Waals surface area contributed by atoms with E-state index in [1.165, 1.54) is 5.56 Å². The van der Waals surface area contributed by atoms with Gasteiger partial charge in [-0.2, -0.15) is 0 Å². The predicted molar refractivity (Wildman–Crippen MR) is 90.4 cm³/mol. The fraction of sp³-hybridized carbons (Fsp3) is 0.611. The van der Waals surface area contributed by atoms with Crippen molar-refractivity contribution in [3.8, 4) is 0 Å². The smallest absolute Gasteiger partial charge is 0.236 e. The second-order valence-corrected chi connectivity index (χ2v) is 6.59. The molecule has 2 rings (SSSR count). The summed E-state index contributed by atoms with van der Waals surface area (Å²) in [5, 5.41) is 0. The molecule has 1 amide bonds. The molecule has 1 aliphatic heterocycles. The van der Waals surface area contributed by atoms with Gasteiger partial charge >= 0.3 is 0 Å². The van der Waals surface area contributed by atoms with E-state index in [2.05, 4.69) is 30.9 Å². The van der Waals surface area contributed by atoms with Gasteiger partial charge in [-0.15, -0.1) is 0 Å². The number of rotatable bonds is 5. The molecular weight excluding hydrogens is 274 g/mol. The molecule has 0 saturated carbocycles. The Balaban J connectivity index is 1.91. The molecule has 3 atom stereocenters. The molecule has 22 heavy (non-hydrogen) atoms. The molecule has 4 heteroatoms. The number of nitrogens with zero attached hydrogens (tertiary/aromatic N) is 2. The Kier molecular flexibility index (Phi) is 5.98. The summed E-state index contributed by atoms with van der Waals surface area (Å²) in [7, 11) is 1.90. The van der Waals surface area contributed by atoms with Crippen molar-refractivity contribution < 1.29 is 4.79 Å². The van der Waals surface area contributed by atoms with Crippen LogP contribution in [0, 0.1) is 11.8 Å². The molecule has 0 radical (unpaired) electrons. The van der Waals surface area contributed by atoms with Crippen LogP contribution in [0.4, 0.5) is 0 Å². The van der Waals surface area contributed by atoms with E-state index in [0.29, 0.717) is 24.9 Å². The molecule has 3 unspecified atom stereocenters. The van der Waals surface area contributed by atoms with Crippen LogP contribution in [0.25, 0.3) is 0 Å². The average Bonchev–Trinajstić information content (AvgIpc) is 2.55. The summed E-state index contributed by atoms with van der Waals surface area (Å²) >= 11 is 0. The first kappa shape index (κ1) is 17.0. The van der Waals surface area contributed by atoms with Crippen molar-refractivity contribution in [2.45, 2.75) is 26.3 Å². The lowest BCUT2D eigenvalue weighted by molar-refractivity contribution is -0.133. The van der Waals surface area contributed by atoms with Crippen LogP contribution in [0.15, 0.2) is 30.3 Å². The van der Waals surface area contributed by atoms with Crippen LogP contribution in [-0.4, -0.2) is 48.9 Å². The van der Waals surface area contributed by atoms with Crippen LogP contribution < -0.4 is 5.73 Å². The molecule has 1 saturated heterocycles. The third-order valence-corrected chi connectivity index (χ3v) is 5.12. The number of benzene rings is 1. The number of hydrogen-bond donors (Lipinski definition) is 1. The normalized spacial score (nSPS) is 24.0. The summed E-state index contributed by atoms with van der Waals surface area (Å²) in [5.41, 5.74) is 7.02. The first-order valence-corrected chi connectivity index (χ1v) is 8.26. The van der Waals surface area contributed by atoms with Gasteiger partial charge < -0.3 is 10.6 Å². The molecule has 0 spiro atoms. The molecule has 1 heterocycles. The first-order valence-electron chi connectivity index (χ1n) is 8.26. The highest BCUT2D eigenvalue weighted by molar-refractivity contribution is 5.78. The number of likely N-dealkylation sites (N-methyl/N-ethyl adjacent to an activating group) is 1. The molecule has 0 bridgehead atoms. The lowest BCUT2D eigenvalue weighted by Crippen LogP contribution is -2.47. The summed E-state index contributed by atoms with van der Waals surface area (Å²) in [5.74, 6) is 1.36. The Morgan fingerprint density at radius 3 is 2.73 bits per heavy atom. The zero-order valence-corrected chi connectivity index (χ0v) is 14.0. The minimum absolute atomic E-state index is 0.0997. The van der Waals surface area contributed by atoms with Gasteiger partial charge in [-0.05, 0) is 43.8 Å². The van der Waals surface area contributed by atoms with E-state index in [4.69, 9.17) is 5.73 Å². The molecule has 1 aromatic carbocycles. The number of nitrogens with two attached hydrogens (primary N) is 1. The van der Waals surface area contributed by atoms with Crippen LogP contribution >= 0.6 is 0 Å². The van der Waals surface area contributed by atoms with Gasteiger partial charge in [-0.25, -0.2) is 0 Å². The third kappa shape index (κ3) is 4.08. The summed E-state index contributed by atoms with van der Waals surface area (Å²) in [6.45, 7) is 7.49. The lowest BCUT2D eigenvalue weighted by atomic mass is 9.87. The van der Waals surface area contributed by atoms with Gasteiger partial charge in [0.1, 0.15) is 0 Å². The van der Waals surface area contributed by atoms with Gasteiger partial charge in [0, 0.05) is 13.6 Å². The topological polar surface area (TPSA) is 49.6 Å². The number of carbonyl (C=O) groups is 1. The van der Waals surface area contributed by atoms with Crippen LogP contribution in [0.1, 0.15) is 31.9 Å². The summed E-state index contributed by atoms with van der Waals surface area (Å²) < 4.78 is 0. The molecular formula is C18H29N3O. The molecule has 4 nitrogen and oxygen atoms in total. The molecule has 1 aromatic rings. The largest absolute Gasteiger partial charge is 0.338 e. The van der Waals surface area contributed by atoms with Crippen molar-refractivity contribution in [1.29, 1.82) is 0 Å². The summed E-state index contributed by atoms with van der Waals surface area (Å²) in [6, 6.07) is 10.3. The van der Waals surface area contributed by atoms with Crippen LogP contribution in [-0.2, 0) is 4.79 Å². The number of carbonyl (C=O) groups excluding carboxylic acids is 1. The Morgan fingerprint density at radius 2 is 2.09 bits per heavy atom. The van der Waals surface area contributed by atoms with Crippen molar-refractivity contribution in [3.63, 3.8) is 0 Å². The van der Waals surface area contributed by atoms with Crippen molar-refractivity contribution in [2.75, 3.05) is 33.2 Å². The first-order chi connectivity index (χ1) is 10.5. The molecule has 122 valence electrons. The standard InChI is InChI=1S/C18H29N3O/c1-14-9-10-21(12-17(14)11-19)13-18(22)20(3)15(2)16-7-5-4-6-8-16/h4-8,14-15,17H,9-13,19H2,1-3H3. The van der Waals surface area contributed by atoms with E-state index >= 15 is 0 Å². The molecule has 1 aliphatic rings. The fourth-order valence-electron chi connectivity index (χ4n) is 3.15. The maximum Gasteiger partial charge on any atom is 0.236 e. The minimum Gasteiger partial charge on any atom is -0.338 e. The van der Waals surface area contributed by atoms with Crippen molar-refractivity contribution in [1.82, 2.24) is 9.80 Å². The third-order valence-electron chi connectivity index (χ3n) is 5.12. The number of amides is 1. The highest BCUT2D eigenvalue weighted by Gasteiger charge is 2.27. The van der Waals surface area contributed by atoms with Gasteiger partial charge in [-0.1, -0.05) is 37.3 Å². The van der Waals surface area contributed by atoms with Crippen LogP contribution in [0.2, 0.25) is 0 Å². The van der Waals surface area contributed by atoms with Crippen molar-refractivity contribution in [2.24, 2.45) is 17.6 Å². The number of piperidine rings is 1. The predicted octanol–water partition coefficient (Wildman–Crippen LogP) is 2.12. The fourth-order valence-corrected chi connectivity index (χ4v) is 3.15. The number of likely N-dealkylation sites (tertiary alicyclic amines) is 1. The highest BCUT2D eigenvalue weighted by Crippen LogP contribution is 2.23. The van der Waals surface area contributed by atoms with Gasteiger partial charge in [0.15, 0.2) is 0 Å². The second kappa shape index (κ2) is 7.75. The van der Waals surface area contributed by atoms with E-state index < -0.39 is 0 Å². The summed E-state index contributed by atoms with van der Waals surface area (Å²) in [4.78, 5) is 16.7. The quantitative estimate of drug-likeness (QED) is 0.906. The monoisotopic (exact) mass is 303 g/mol. The zero-order chi connectivity index (χ0) is 16.1. The van der Waals surface area contributed by atoms with Gasteiger partial charge in [0.2, 0.25) is 5.91 Å². The number of hydrogen-bond acceptors (Lipinski definition) is 3. The molecule has 1 fully saturated rings. The minimum atomic E-state index is 0.0997. The highest BCUT2D eigenvalue weighted by atomic mass is 16.2. The van der Waals surface area contributed by atoms with E-state index in [-0.39, 0.29) is 11.9 Å². The van der Waals surface area contributed by atoms with E-state index in [9.17, 15) is 4.79 Å². The Bertz CT molecular complexity index is 476. The van der Waals surface area contributed by atoms with Gasteiger partial charge in [0.05, 0.1) is 12.6 Å². The molecule has 2 N–H and O–H groups in total. The maximum absolute atomic E-state index is 12.6. The molecule has 0 aliphatic carbocycles. The zero-order valence-electron chi connectivity index (χ0n) is 14.0. The maximum atomic E-state index is 12.6. The lowest BCUT2D eigenvalue weighted by Gasteiger charge is -2.37. The molecule has 0 aromatic heterocycles. The van der Waals surface area contributed by atoms with Crippen molar-refractivity contribution in [3.05, 3.63) is 35.9 Å². The van der Waals surface area contributed by atoms with E-state index in [0.717, 1.165) is 19.5 Å². The van der Waals surface area contributed by atoms with Gasteiger partial charge in [0.25, 0.3) is 0 Å². The Hall–Kier alpha value is -1.39. The second-order valence-electron chi connectivity index (χ2n) is 6.59. The van der Waals surface area contributed by atoms with Crippen LogP contribution in [0.3, 0.4) is 0 Å². The summed E-state index contributed by atoms with van der Waals surface area (Å²) in [6.07, 6.45) is 1.13. The van der Waals surface area contributed by atoms with Crippen molar-refractivity contribution >= 4 is 5.91 Å². The van der Waals surface area contributed by atoms with Gasteiger partial charge in [-0.3, -0.25) is 9.69 Å². The Labute approximate surface area is 134 Å². The van der Waals surface area contributed by atoms with E-state index in [1.807, 2.05) is 30.1 Å². The Morgan fingerprint density at radius 1 is 1.41 bits per heavy atom.